The number of fused-ring (bicyclic) bond motifs is 1. The summed E-state index contributed by atoms with van der Waals surface area (Å²) in [5, 5.41) is 0.977. The molecule has 0 N–H and O–H groups in total. The summed E-state index contributed by atoms with van der Waals surface area (Å²) in [6.45, 7) is 4.68. The van der Waals surface area contributed by atoms with Crippen molar-refractivity contribution in [3.05, 3.63) is 29.8 Å². The summed E-state index contributed by atoms with van der Waals surface area (Å²) in [6.07, 6.45) is 3.31. The molecule has 0 aliphatic carbocycles. The molecule has 3 rings (SSSR count). The maximum Gasteiger partial charge on any atom is 0.213 e. The minimum absolute atomic E-state index is 0.164. The quantitative estimate of drug-likeness (QED) is 0.863. The van der Waals surface area contributed by atoms with Crippen molar-refractivity contribution < 1.29 is 8.42 Å². The summed E-state index contributed by atoms with van der Waals surface area (Å²) in [5.74, 6) is 1.14. The molecule has 118 valence electrons. The third kappa shape index (κ3) is 2.83. The maximum atomic E-state index is 12.0. The minimum atomic E-state index is -3.09. The monoisotopic (exact) mass is 320 g/mol. The number of piperidine rings is 1. The molecule has 22 heavy (non-hydrogen) atoms. The first-order valence-electron chi connectivity index (χ1n) is 7.58. The van der Waals surface area contributed by atoms with Gasteiger partial charge in [-0.2, -0.15) is 0 Å². The lowest BCUT2D eigenvalue weighted by atomic mass is 9.92. The zero-order chi connectivity index (χ0) is 15.7. The zero-order valence-corrected chi connectivity index (χ0v) is 13.7. The van der Waals surface area contributed by atoms with E-state index in [0.29, 0.717) is 24.6 Å². The molecule has 0 unspecified atom stereocenters. The average molecular weight is 320 g/mol. The Labute approximate surface area is 130 Å². The normalized spacial score (nSPS) is 17.9. The first-order chi connectivity index (χ1) is 10.5. The second kappa shape index (κ2) is 5.89. The number of pyridine rings is 1. The highest BCUT2D eigenvalue weighted by atomic mass is 32.2. The standard InChI is InChI=1S/C15H20N4O2S/c1-3-22(20,21)19-9-6-12(7-10-19)14-13-5-4-8-16-15(13)18-11(2)17-14/h4-5,8,12H,3,6-7,9-10H2,1-2H3. The van der Waals surface area contributed by atoms with Crippen LogP contribution in [0.4, 0.5) is 0 Å². The Morgan fingerprint density at radius 1 is 1.27 bits per heavy atom. The predicted molar refractivity (Wildman–Crippen MR) is 85.1 cm³/mol. The van der Waals surface area contributed by atoms with Gasteiger partial charge >= 0.3 is 0 Å². The summed E-state index contributed by atoms with van der Waals surface area (Å²) in [6, 6.07) is 3.88. The van der Waals surface area contributed by atoms with Crippen LogP contribution in [0.2, 0.25) is 0 Å². The van der Waals surface area contributed by atoms with E-state index in [4.69, 9.17) is 0 Å². The largest absolute Gasteiger partial charge is 0.237 e. The van der Waals surface area contributed by atoms with Gasteiger partial charge in [-0.1, -0.05) is 0 Å². The smallest absolute Gasteiger partial charge is 0.213 e. The lowest BCUT2D eigenvalue weighted by Gasteiger charge is -2.31. The fourth-order valence-electron chi connectivity index (χ4n) is 3.00. The van der Waals surface area contributed by atoms with Gasteiger partial charge in [0.2, 0.25) is 10.0 Å². The Hall–Kier alpha value is -1.60. The summed E-state index contributed by atoms with van der Waals surface area (Å²) >= 11 is 0. The average Bonchev–Trinajstić information content (AvgIpc) is 2.54. The highest BCUT2D eigenvalue weighted by Gasteiger charge is 2.29. The molecule has 7 heteroatoms. The highest BCUT2D eigenvalue weighted by molar-refractivity contribution is 7.89. The summed E-state index contributed by atoms with van der Waals surface area (Å²) in [7, 11) is -3.09. The Kier molecular flexibility index (Phi) is 4.10. The Morgan fingerprint density at radius 2 is 2.00 bits per heavy atom. The van der Waals surface area contributed by atoms with Crippen LogP contribution in [0.15, 0.2) is 18.3 Å². The summed E-state index contributed by atoms with van der Waals surface area (Å²) < 4.78 is 25.5. The zero-order valence-electron chi connectivity index (χ0n) is 12.9. The Morgan fingerprint density at radius 3 is 2.68 bits per heavy atom. The Balaban J connectivity index is 1.88. The highest BCUT2D eigenvalue weighted by Crippen LogP contribution is 2.31. The van der Waals surface area contributed by atoms with E-state index in [2.05, 4.69) is 15.0 Å². The minimum Gasteiger partial charge on any atom is -0.237 e. The molecule has 1 fully saturated rings. The van der Waals surface area contributed by atoms with Crippen molar-refractivity contribution in [3.63, 3.8) is 0 Å². The fraction of sp³-hybridized carbons (Fsp3) is 0.533. The van der Waals surface area contributed by atoms with E-state index in [1.165, 1.54) is 0 Å². The van der Waals surface area contributed by atoms with E-state index in [-0.39, 0.29) is 11.7 Å². The lowest BCUT2D eigenvalue weighted by Crippen LogP contribution is -2.38. The molecule has 3 heterocycles. The molecule has 1 saturated heterocycles. The van der Waals surface area contributed by atoms with Gasteiger partial charge in [-0.3, -0.25) is 0 Å². The SMILES string of the molecule is CCS(=O)(=O)N1CCC(c2nc(C)nc3ncccc23)CC1. The van der Waals surface area contributed by atoms with Gasteiger partial charge in [-0.15, -0.1) is 0 Å². The second-order valence-corrected chi connectivity index (χ2v) is 7.86. The van der Waals surface area contributed by atoms with Crippen LogP contribution in [0.3, 0.4) is 0 Å². The van der Waals surface area contributed by atoms with Crippen molar-refractivity contribution in [3.8, 4) is 0 Å². The van der Waals surface area contributed by atoms with Crippen molar-refractivity contribution in [2.75, 3.05) is 18.8 Å². The summed E-state index contributed by atoms with van der Waals surface area (Å²) in [4.78, 5) is 13.3. The fourth-order valence-corrected chi connectivity index (χ4v) is 4.13. The van der Waals surface area contributed by atoms with Crippen molar-refractivity contribution in [2.45, 2.75) is 32.6 Å². The van der Waals surface area contributed by atoms with Crippen molar-refractivity contribution in [1.29, 1.82) is 0 Å². The van der Waals surface area contributed by atoms with Gasteiger partial charge in [0.25, 0.3) is 0 Å². The van der Waals surface area contributed by atoms with Gasteiger partial charge in [0, 0.05) is 30.6 Å². The maximum absolute atomic E-state index is 12.0. The molecule has 0 radical (unpaired) electrons. The molecule has 6 nitrogen and oxygen atoms in total. The second-order valence-electron chi connectivity index (χ2n) is 5.60. The van der Waals surface area contributed by atoms with Gasteiger partial charge in [0.05, 0.1) is 11.4 Å². The van der Waals surface area contributed by atoms with Gasteiger partial charge in [0.1, 0.15) is 5.82 Å². The third-order valence-corrected chi connectivity index (χ3v) is 6.09. The van der Waals surface area contributed by atoms with E-state index in [9.17, 15) is 8.42 Å². The van der Waals surface area contributed by atoms with Crippen LogP contribution in [0.25, 0.3) is 11.0 Å². The molecule has 1 aliphatic heterocycles. The van der Waals surface area contributed by atoms with Crippen molar-refractivity contribution >= 4 is 21.1 Å². The molecule has 2 aromatic heterocycles. The van der Waals surface area contributed by atoms with Gasteiger partial charge in [-0.25, -0.2) is 27.7 Å². The van der Waals surface area contributed by atoms with Crippen molar-refractivity contribution in [1.82, 2.24) is 19.3 Å². The number of aryl methyl sites for hydroxylation is 1. The number of aromatic nitrogens is 3. The van der Waals surface area contributed by atoms with Crippen LogP contribution < -0.4 is 0 Å². The van der Waals surface area contributed by atoms with Gasteiger partial charge < -0.3 is 0 Å². The molecule has 0 atom stereocenters. The Bertz CT molecular complexity index is 783. The molecule has 0 saturated carbocycles. The van der Waals surface area contributed by atoms with Crippen LogP contribution in [-0.2, 0) is 10.0 Å². The van der Waals surface area contributed by atoms with Crippen LogP contribution in [-0.4, -0.2) is 46.5 Å². The van der Waals surface area contributed by atoms with E-state index >= 15 is 0 Å². The molecule has 1 aliphatic rings. The van der Waals surface area contributed by atoms with Gasteiger partial charge in [0.15, 0.2) is 5.65 Å². The van der Waals surface area contributed by atoms with Crippen LogP contribution in [0.5, 0.6) is 0 Å². The van der Waals surface area contributed by atoms with E-state index in [0.717, 1.165) is 23.9 Å². The van der Waals surface area contributed by atoms with E-state index in [1.807, 2.05) is 19.1 Å². The summed E-state index contributed by atoms with van der Waals surface area (Å²) in [5.41, 5.74) is 1.72. The molecular weight excluding hydrogens is 300 g/mol. The van der Waals surface area contributed by atoms with Crippen molar-refractivity contribution in [2.24, 2.45) is 0 Å². The number of sulfonamides is 1. The predicted octanol–water partition coefficient (Wildman–Crippen LogP) is 1.86. The topological polar surface area (TPSA) is 76.1 Å². The number of nitrogens with zero attached hydrogens (tertiary/aromatic N) is 4. The number of hydrogen-bond donors (Lipinski definition) is 0. The van der Waals surface area contributed by atoms with Crippen LogP contribution in [0, 0.1) is 6.92 Å². The van der Waals surface area contributed by atoms with E-state index < -0.39 is 10.0 Å². The molecule has 2 aromatic rings. The molecule has 0 aromatic carbocycles. The van der Waals surface area contributed by atoms with E-state index in [1.54, 1.807) is 17.4 Å². The van der Waals surface area contributed by atoms with Gasteiger partial charge in [-0.05, 0) is 38.8 Å². The first-order valence-corrected chi connectivity index (χ1v) is 9.19. The first kappa shape index (κ1) is 15.3. The van der Waals surface area contributed by atoms with Crippen LogP contribution in [0.1, 0.15) is 37.2 Å². The third-order valence-electron chi connectivity index (χ3n) is 4.21. The van der Waals surface area contributed by atoms with Crippen LogP contribution >= 0.6 is 0 Å². The lowest BCUT2D eigenvalue weighted by molar-refractivity contribution is 0.318. The molecule has 0 spiro atoms. The number of rotatable bonds is 3. The molecular formula is C15H20N4O2S. The molecule has 0 amide bonds. The molecule has 0 bridgehead atoms. The number of hydrogen-bond acceptors (Lipinski definition) is 5.